The van der Waals surface area contributed by atoms with E-state index in [9.17, 15) is 0 Å². The maximum absolute atomic E-state index is 6.02. The predicted molar refractivity (Wildman–Crippen MR) is 156 cm³/mol. The fourth-order valence-electron chi connectivity index (χ4n) is 5.49. The second-order valence-electron chi connectivity index (χ2n) is 11.5. The topological polar surface area (TPSA) is 42.2 Å². The maximum Gasteiger partial charge on any atom is 0.0235 e. The minimum absolute atomic E-state index is 0.628. The van der Waals surface area contributed by atoms with Crippen molar-refractivity contribution in [2.75, 3.05) is 65.4 Å². The second-order valence-corrected chi connectivity index (χ2v) is 11.5. The van der Waals surface area contributed by atoms with E-state index in [2.05, 4.69) is 98.1 Å². The van der Waals surface area contributed by atoms with Crippen molar-refractivity contribution in [1.29, 1.82) is 0 Å². The second kappa shape index (κ2) is 16.1. The van der Waals surface area contributed by atoms with E-state index in [0.29, 0.717) is 24.7 Å². The van der Waals surface area contributed by atoms with Crippen LogP contribution in [0.25, 0.3) is 0 Å². The van der Waals surface area contributed by atoms with Crippen LogP contribution in [0.4, 0.5) is 0 Å². The SMILES string of the molecule is CC(C)N1CCN(Cc2cc(CN)cc(CN3CCN(C(C)C)CC3)c2)CC1.CCN(CC)C(C)C. The van der Waals surface area contributed by atoms with Gasteiger partial charge in [0.25, 0.3) is 0 Å². The minimum atomic E-state index is 0.628. The lowest BCUT2D eigenvalue weighted by Crippen LogP contribution is -2.48. The Morgan fingerprint density at radius 2 is 1.00 bits per heavy atom. The Bertz CT molecular complexity index is 666. The Labute approximate surface area is 223 Å². The molecule has 0 bridgehead atoms. The molecular formula is C30H58N6. The van der Waals surface area contributed by atoms with Gasteiger partial charge in [0.2, 0.25) is 0 Å². The largest absolute Gasteiger partial charge is 0.326 e. The molecule has 0 unspecified atom stereocenters. The smallest absolute Gasteiger partial charge is 0.0235 e. The molecule has 1 aromatic carbocycles. The normalized spacial score (nSPS) is 18.9. The Balaban J connectivity index is 0.000000493. The average Bonchev–Trinajstić information content (AvgIpc) is 2.85. The average molecular weight is 503 g/mol. The number of nitrogens with zero attached hydrogens (tertiary/aromatic N) is 5. The summed E-state index contributed by atoms with van der Waals surface area (Å²) >= 11 is 0. The molecule has 1 aromatic rings. The first kappa shape index (κ1) is 31.2. The minimum Gasteiger partial charge on any atom is -0.326 e. The van der Waals surface area contributed by atoms with E-state index < -0.39 is 0 Å². The highest BCUT2D eigenvalue weighted by Gasteiger charge is 2.21. The summed E-state index contributed by atoms with van der Waals surface area (Å²) in [5.74, 6) is 0. The van der Waals surface area contributed by atoms with Crippen molar-refractivity contribution in [3.05, 3.63) is 34.9 Å². The monoisotopic (exact) mass is 502 g/mol. The van der Waals surface area contributed by atoms with Gasteiger partial charge in [0, 0.05) is 90.1 Å². The summed E-state index contributed by atoms with van der Waals surface area (Å²) in [6, 6.07) is 9.08. The van der Waals surface area contributed by atoms with Gasteiger partial charge in [0.15, 0.2) is 0 Å². The highest BCUT2D eigenvalue weighted by atomic mass is 15.3. The van der Waals surface area contributed by atoms with Crippen LogP contribution in [0.15, 0.2) is 18.2 Å². The fraction of sp³-hybridized carbons (Fsp3) is 0.800. The fourth-order valence-corrected chi connectivity index (χ4v) is 5.49. The van der Waals surface area contributed by atoms with Crippen molar-refractivity contribution in [3.8, 4) is 0 Å². The van der Waals surface area contributed by atoms with E-state index in [1.165, 1.54) is 56.0 Å². The number of hydrogen-bond donors (Lipinski definition) is 1. The number of nitrogens with two attached hydrogens (primary N) is 1. The molecule has 2 heterocycles. The van der Waals surface area contributed by atoms with Crippen LogP contribution in [-0.2, 0) is 19.6 Å². The van der Waals surface area contributed by atoms with Crippen molar-refractivity contribution in [3.63, 3.8) is 0 Å². The molecule has 6 nitrogen and oxygen atoms in total. The third-order valence-corrected chi connectivity index (χ3v) is 7.98. The molecule has 3 rings (SSSR count). The molecule has 0 saturated carbocycles. The van der Waals surface area contributed by atoms with Crippen molar-refractivity contribution in [2.45, 2.75) is 93.1 Å². The van der Waals surface area contributed by atoms with Crippen molar-refractivity contribution >= 4 is 0 Å². The quantitative estimate of drug-likeness (QED) is 0.523. The molecule has 6 heteroatoms. The van der Waals surface area contributed by atoms with Gasteiger partial charge in [-0.15, -0.1) is 0 Å². The molecule has 0 amide bonds. The Morgan fingerprint density at radius 1 is 0.639 bits per heavy atom. The van der Waals surface area contributed by atoms with E-state index in [-0.39, 0.29) is 0 Å². The van der Waals surface area contributed by atoms with Gasteiger partial charge >= 0.3 is 0 Å². The van der Waals surface area contributed by atoms with Gasteiger partial charge in [-0.1, -0.05) is 32.0 Å². The maximum atomic E-state index is 6.02. The number of hydrogen-bond acceptors (Lipinski definition) is 6. The molecule has 2 fully saturated rings. The first-order valence-electron chi connectivity index (χ1n) is 14.6. The Kier molecular flexibility index (Phi) is 13.9. The summed E-state index contributed by atoms with van der Waals surface area (Å²) in [4.78, 5) is 12.8. The molecule has 2 aliphatic rings. The van der Waals surface area contributed by atoms with Crippen LogP contribution in [-0.4, -0.2) is 108 Å². The van der Waals surface area contributed by atoms with Gasteiger partial charge in [-0.2, -0.15) is 0 Å². The van der Waals surface area contributed by atoms with Gasteiger partial charge in [0.05, 0.1) is 0 Å². The van der Waals surface area contributed by atoms with Crippen molar-refractivity contribution in [2.24, 2.45) is 5.73 Å². The molecule has 2 N–H and O–H groups in total. The molecule has 0 spiro atoms. The summed E-state index contributed by atoms with van der Waals surface area (Å²) in [6.45, 7) is 32.5. The first-order chi connectivity index (χ1) is 17.2. The van der Waals surface area contributed by atoms with Gasteiger partial charge in [-0.25, -0.2) is 0 Å². The van der Waals surface area contributed by atoms with E-state index in [1.54, 1.807) is 0 Å². The number of benzene rings is 1. The van der Waals surface area contributed by atoms with Crippen LogP contribution in [0.2, 0.25) is 0 Å². The molecule has 208 valence electrons. The summed E-state index contributed by atoms with van der Waals surface area (Å²) in [5, 5.41) is 0. The third-order valence-electron chi connectivity index (χ3n) is 7.98. The van der Waals surface area contributed by atoms with Crippen LogP contribution in [0.3, 0.4) is 0 Å². The molecule has 0 aliphatic carbocycles. The molecule has 2 aliphatic heterocycles. The lowest BCUT2D eigenvalue weighted by atomic mass is 10.0. The molecule has 0 radical (unpaired) electrons. The third kappa shape index (κ3) is 10.4. The van der Waals surface area contributed by atoms with E-state index in [0.717, 1.165) is 39.3 Å². The zero-order valence-corrected chi connectivity index (χ0v) is 25.0. The lowest BCUT2D eigenvalue weighted by Gasteiger charge is -2.37. The first-order valence-corrected chi connectivity index (χ1v) is 14.6. The van der Waals surface area contributed by atoms with E-state index in [1.807, 2.05) is 0 Å². The highest BCUT2D eigenvalue weighted by Crippen LogP contribution is 2.17. The number of rotatable bonds is 10. The zero-order valence-electron chi connectivity index (χ0n) is 25.0. The van der Waals surface area contributed by atoms with Crippen molar-refractivity contribution < 1.29 is 0 Å². The Hall–Kier alpha value is -1.02. The van der Waals surface area contributed by atoms with Crippen LogP contribution < -0.4 is 5.73 Å². The van der Waals surface area contributed by atoms with Crippen LogP contribution in [0.1, 0.15) is 72.1 Å². The molecule has 36 heavy (non-hydrogen) atoms. The predicted octanol–water partition coefficient (Wildman–Crippen LogP) is 3.93. The lowest BCUT2D eigenvalue weighted by molar-refractivity contribution is 0.103. The summed E-state index contributed by atoms with van der Waals surface area (Å²) in [6.07, 6.45) is 0. The van der Waals surface area contributed by atoms with Crippen molar-refractivity contribution in [1.82, 2.24) is 24.5 Å². The molecule has 2 saturated heterocycles. The van der Waals surface area contributed by atoms with Crippen LogP contribution in [0.5, 0.6) is 0 Å². The van der Waals surface area contributed by atoms with Gasteiger partial charge in [-0.05, 0) is 71.3 Å². The molecule has 0 atom stereocenters. The van der Waals surface area contributed by atoms with Gasteiger partial charge in [-0.3, -0.25) is 19.6 Å². The summed E-state index contributed by atoms with van der Waals surface area (Å²) < 4.78 is 0. The van der Waals surface area contributed by atoms with E-state index >= 15 is 0 Å². The summed E-state index contributed by atoms with van der Waals surface area (Å²) in [7, 11) is 0. The highest BCUT2D eigenvalue weighted by molar-refractivity contribution is 5.30. The number of piperazine rings is 2. The van der Waals surface area contributed by atoms with Crippen LogP contribution in [0, 0.1) is 0 Å². The van der Waals surface area contributed by atoms with Gasteiger partial charge < -0.3 is 10.6 Å². The van der Waals surface area contributed by atoms with E-state index in [4.69, 9.17) is 5.73 Å². The Morgan fingerprint density at radius 3 is 1.25 bits per heavy atom. The summed E-state index contributed by atoms with van der Waals surface area (Å²) in [5.41, 5.74) is 10.1. The molecular weight excluding hydrogens is 444 g/mol. The zero-order chi connectivity index (χ0) is 26.7. The van der Waals surface area contributed by atoms with Gasteiger partial charge in [0.1, 0.15) is 0 Å². The van der Waals surface area contributed by atoms with Crippen LogP contribution >= 0.6 is 0 Å². The standard InChI is InChI=1S/C23H41N5.C7H17N/c1-19(2)27-9-5-25(6-10-27)17-22-13-21(16-24)14-23(15-22)18-26-7-11-28(12-8-26)20(3)4;1-5-8(6-2)7(3)4/h13-15,19-20H,5-12,16-18,24H2,1-4H3;7H,5-6H2,1-4H3. The molecule has 0 aromatic heterocycles.